The van der Waals surface area contributed by atoms with Crippen molar-refractivity contribution in [1.29, 1.82) is 0 Å². The second-order valence-corrected chi connectivity index (χ2v) is 5.47. The summed E-state index contributed by atoms with van der Waals surface area (Å²) in [5, 5.41) is 11.5. The van der Waals surface area contributed by atoms with Crippen LogP contribution in [0.25, 0.3) is 0 Å². The molecule has 2 N–H and O–H groups in total. The Morgan fingerprint density at radius 1 is 1.29 bits per heavy atom. The van der Waals surface area contributed by atoms with Gasteiger partial charge in [0, 0.05) is 17.8 Å². The lowest BCUT2D eigenvalue weighted by Crippen LogP contribution is -2.49. The number of rotatable bonds is 2. The molecule has 2 rings (SSSR count). The maximum absolute atomic E-state index is 13.3. The molecule has 1 aromatic carbocycles. The number of amides is 2. The molecule has 1 aromatic rings. The van der Waals surface area contributed by atoms with E-state index < -0.39 is 17.3 Å². The molecule has 0 radical (unpaired) electrons. The number of hydrogen-bond donors (Lipinski definition) is 2. The van der Waals surface area contributed by atoms with Gasteiger partial charge in [-0.15, -0.1) is 0 Å². The number of carboxylic acids is 1. The van der Waals surface area contributed by atoms with E-state index in [-0.39, 0.29) is 23.8 Å². The van der Waals surface area contributed by atoms with Gasteiger partial charge < -0.3 is 15.3 Å². The smallest absolute Gasteiger partial charge is 0.338 e. The van der Waals surface area contributed by atoms with E-state index in [1.54, 1.807) is 4.90 Å². The molecule has 1 aliphatic heterocycles. The van der Waals surface area contributed by atoms with Crippen LogP contribution >= 0.6 is 0 Å². The maximum Gasteiger partial charge on any atom is 0.338 e. The average Bonchev–Trinajstić information content (AvgIpc) is 2.40. The number of hydrogen-bond acceptors (Lipinski definition) is 2. The second kappa shape index (κ2) is 6.11. The van der Waals surface area contributed by atoms with Crippen LogP contribution in [0.4, 0.5) is 14.9 Å². The molecule has 0 unspecified atom stereocenters. The molecule has 0 aliphatic carbocycles. The predicted molar refractivity (Wildman–Crippen MR) is 77.0 cm³/mol. The summed E-state index contributed by atoms with van der Waals surface area (Å²) < 4.78 is 13.3. The van der Waals surface area contributed by atoms with Gasteiger partial charge in [0.25, 0.3) is 0 Å². The summed E-state index contributed by atoms with van der Waals surface area (Å²) in [6.07, 6.45) is 2.98. The largest absolute Gasteiger partial charge is 0.478 e. The van der Waals surface area contributed by atoms with Crippen molar-refractivity contribution in [1.82, 2.24) is 4.90 Å². The summed E-state index contributed by atoms with van der Waals surface area (Å²) in [7, 11) is 0. The first-order chi connectivity index (χ1) is 9.90. The Bertz CT molecular complexity index is 552. The molecule has 0 bridgehead atoms. The van der Waals surface area contributed by atoms with Gasteiger partial charge in [-0.3, -0.25) is 0 Å². The van der Waals surface area contributed by atoms with E-state index in [2.05, 4.69) is 5.32 Å². The van der Waals surface area contributed by atoms with Crippen LogP contribution in [0.5, 0.6) is 0 Å². The van der Waals surface area contributed by atoms with Gasteiger partial charge in [0.1, 0.15) is 5.82 Å². The van der Waals surface area contributed by atoms with Crippen molar-refractivity contribution in [2.24, 2.45) is 0 Å². The minimum atomic E-state index is -1.36. The fourth-order valence-corrected chi connectivity index (χ4v) is 2.78. The maximum atomic E-state index is 13.3. The zero-order chi connectivity index (χ0) is 15.6. The van der Waals surface area contributed by atoms with Gasteiger partial charge in [-0.05, 0) is 51.3 Å². The highest BCUT2D eigenvalue weighted by Crippen LogP contribution is 2.24. The van der Waals surface area contributed by atoms with E-state index in [1.807, 2.05) is 13.8 Å². The number of anilines is 1. The number of aromatic carboxylic acids is 1. The van der Waals surface area contributed by atoms with E-state index >= 15 is 0 Å². The molecule has 1 saturated heterocycles. The lowest BCUT2D eigenvalue weighted by Gasteiger charge is -2.38. The highest BCUT2D eigenvalue weighted by atomic mass is 19.1. The summed E-state index contributed by atoms with van der Waals surface area (Å²) in [6.45, 7) is 3.98. The minimum absolute atomic E-state index is 0.133. The van der Waals surface area contributed by atoms with Crippen LogP contribution in [0.1, 0.15) is 43.5 Å². The van der Waals surface area contributed by atoms with Crippen LogP contribution in [0.15, 0.2) is 18.2 Å². The monoisotopic (exact) mass is 294 g/mol. The summed E-state index contributed by atoms with van der Waals surface area (Å²) in [5.41, 5.74) is -0.170. The van der Waals surface area contributed by atoms with E-state index in [0.717, 1.165) is 31.4 Å². The molecule has 2 atom stereocenters. The summed E-state index contributed by atoms with van der Waals surface area (Å²) in [5.74, 6) is -2.18. The van der Waals surface area contributed by atoms with Crippen LogP contribution in [0.2, 0.25) is 0 Å². The van der Waals surface area contributed by atoms with Gasteiger partial charge >= 0.3 is 12.0 Å². The molecule has 0 saturated carbocycles. The van der Waals surface area contributed by atoms with Crippen LogP contribution < -0.4 is 5.32 Å². The van der Waals surface area contributed by atoms with Crippen LogP contribution in [0.3, 0.4) is 0 Å². The Kier molecular flexibility index (Phi) is 4.45. The number of likely N-dealkylation sites (tertiary alicyclic amines) is 1. The minimum Gasteiger partial charge on any atom is -0.478 e. The van der Waals surface area contributed by atoms with E-state index in [4.69, 9.17) is 5.11 Å². The molecular weight excluding hydrogens is 275 g/mol. The van der Waals surface area contributed by atoms with Gasteiger partial charge in [-0.1, -0.05) is 0 Å². The van der Waals surface area contributed by atoms with Crippen LogP contribution in [-0.4, -0.2) is 34.1 Å². The number of piperidine rings is 1. The number of carbonyl (C=O) groups excluding carboxylic acids is 1. The van der Waals surface area contributed by atoms with Crippen molar-refractivity contribution in [3.63, 3.8) is 0 Å². The Morgan fingerprint density at radius 2 is 1.90 bits per heavy atom. The second-order valence-electron chi connectivity index (χ2n) is 5.47. The highest BCUT2D eigenvalue weighted by molar-refractivity contribution is 5.93. The van der Waals surface area contributed by atoms with E-state index in [9.17, 15) is 14.0 Å². The zero-order valence-electron chi connectivity index (χ0n) is 12.1. The molecule has 2 amide bonds. The van der Waals surface area contributed by atoms with Crippen molar-refractivity contribution in [2.75, 3.05) is 5.32 Å². The lowest BCUT2D eigenvalue weighted by atomic mass is 9.98. The van der Waals surface area contributed by atoms with Gasteiger partial charge in [-0.2, -0.15) is 0 Å². The molecular formula is C15H19FN2O3. The van der Waals surface area contributed by atoms with Crippen LogP contribution in [-0.2, 0) is 0 Å². The Balaban J connectivity index is 2.15. The first-order valence-electron chi connectivity index (χ1n) is 7.02. The normalized spacial score (nSPS) is 22.0. The quantitative estimate of drug-likeness (QED) is 0.879. The molecule has 1 heterocycles. The molecule has 21 heavy (non-hydrogen) atoms. The number of carbonyl (C=O) groups is 2. The van der Waals surface area contributed by atoms with Crippen LogP contribution in [0, 0.1) is 5.82 Å². The Labute approximate surface area is 122 Å². The number of halogens is 1. The third kappa shape index (κ3) is 3.32. The Morgan fingerprint density at radius 3 is 2.48 bits per heavy atom. The number of benzene rings is 1. The molecule has 6 heteroatoms. The van der Waals surface area contributed by atoms with Crippen molar-refractivity contribution < 1.29 is 19.1 Å². The highest BCUT2D eigenvalue weighted by Gasteiger charge is 2.29. The zero-order valence-corrected chi connectivity index (χ0v) is 12.1. The lowest BCUT2D eigenvalue weighted by molar-refractivity contribution is 0.0691. The number of nitrogens with one attached hydrogen (secondary N) is 1. The van der Waals surface area contributed by atoms with Crippen molar-refractivity contribution in [2.45, 2.75) is 45.2 Å². The van der Waals surface area contributed by atoms with Gasteiger partial charge in [0.15, 0.2) is 0 Å². The first-order valence-corrected chi connectivity index (χ1v) is 7.02. The molecule has 1 aliphatic rings. The van der Waals surface area contributed by atoms with Crippen molar-refractivity contribution >= 4 is 17.7 Å². The topological polar surface area (TPSA) is 69.6 Å². The SMILES string of the molecule is C[C@@H]1CCC[C@H](C)N1C(=O)Nc1ccc(F)c(C(=O)O)c1. The predicted octanol–water partition coefficient (Wildman–Crippen LogP) is 3.32. The van der Waals surface area contributed by atoms with Gasteiger partial charge in [0.05, 0.1) is 5.56 Å². The fourth-order valence-electron chi connectivity index (χ4n) is 2.78. The molecule has 1 fully saturated rings. The average molecular weight is 294 g/mol. The summed E-state index contributed by atoms with van der Waals surface area (Å²) in [6, 6.07) is 3.52. The standard InChI is InChI=1S/C15H19FN2O3/c1-9-4-3-5-10(2)18(9)15(21)17-11-6-7-13(16)12(8-11)14(19)20/h6-10H,3-5H2,1-2H3,(H,17,21)(H,19,20)/t9-,10+. The fraction of sp³-hybridized carbons (Fsp3) is 0.467. The van der Waals surface area contributed by atoms with Crippen molar-refractivity contribution in [3.8, 4) is 0 Å². The van der Waals surface area contributed by atoms with Gasteiger partial charge in [0.2, 0.25) is 0 Å². The third-order valence-corrected chi connectivity index (χ3v) is 3.88. The molecule has 5 nitrogen and oxygen atoms in total. The van der Waals surface area contributed by atoms with Crippen molar-refractivity contribution in [3.05, 3.63) is 29.6 Å². The molecule has 0 aromatic heterocycles. The number of nitrogens with zero attached hydrogens (tertiary/aromatic N) is 1. The van der Waals surface area contributed by atoms with E-state index in [0.29, 0.717) is 0 Å². The van der Waals surface area contributed by atoms with E-state index in [1.165, 1.54) is 6.07 Å². The molecule has 114 valence electrons. The summed E-state index contributed by atoms with van der Waals surface area (Å²) >= 11 is 0. The first kappa shape index (κ1) is 15.3. The number of urea groups is 1. The number of carboxylic acid groups (broad SMARTS) is 1. The molecule has 0 spiro atoms. The third-order valence-electron chi connectivity index (χ3n) is 3.88. The Hall–Kier alpha value is -2.11. The van der Waals surface area contributed by atoms with Gasteiger partial charge in [-0.25, -0.2) is 14.0 Å². The summed E-state index contributed by atoms with van der Waals surface area (Å²) in [4.78, 5) is 25.0.